The first-order chi connectivity index (χ1) is 15.1. The Hall–Kier alpha value is -3.77. The summed E-state index contributed by atoms with van der Waals surface area (Å²) in [5.74, 6) is -0.0558. The lowest BCUT2D eigenvalue weighted by Gasteiger charge is -2.06. The van der Waals surface area contributed by atoms with E-state index < -0.39 is 5.91 Å². The van der Waals surface area contributed by atoms with E-state index in [1.807, 2.05) is 12.1 Å². The van der Waals surface area contributed by atoms with E-state index in [4.69, 9.17) is 17.3 Å². The molecule has 0 saturated carbocycles. The molecular weight excluding hydrogens is 442 g/mol. The van der Waals surface area contributed by atoms with E-state index in [9.17, 15) is 4.79 Å². The maximum Gasteiger partial charge on any atom is 0.293 e. The van der Waals surface area contributed by atoms with E-state index in [1.54, 1.807) is 36.7 Å². The number of carbonyl (C=O) groups excluding carboxylic acids is 1. The molecule has 1 amide bonds. The SMILES string of the molecule is Nc1nonc1-n1nnc(C(=O)N/N=C\c2ccncc2)c1CSc1ccc(Cl)cc1. The van der Waals surface area contributed by atoms with Crippen molar-refractivity contribution in [2.24, 2.45) is 5.10 Å². The molecule has 0 bridgehead atoms. The van der Waals surface area contributed by atoms with Crippen LogP contribution in [0.5, 0.6) is 0 Å². The molecule has 0 aliphatic carbocycles. The molecule has 3 N–H and O–H groups in total. The van der Waals surface area contributed by atoms with Gasteiger partial charge in [0, 0.05) is 28.1 Å². The zero-order valence-corrected chi connectivity index (χ0v) is 17.3. The minimum atomic E-state index is -0.543. The fraction of sp³-hybridized carbons (Fsp3) is 0.0556. The van der Waals surface area contributed by atoms with Crippen LogP contribution >= 0.6 is 23.4 Å². The summed E-state index contributed by atoms with van der Waals surface area (Å²) >= 11 is 7.39. The molecule has 0 radical (unpaired) electrons. The van der Waals surface area contributed by atoms with Crippen molar-refractivity contribution in [3.05, 3.63) is 70.8 Å². The average Bonchev–Trinajstić information content (AvgIpc) is 3.39. The van der Waals surface area contributed by atoms with Gasteiger partial charge in [0.2, 0.25) is 11.6 Å². The number of thioether (sulfide) groups is 1. The Kier molecular flexibility index (Phi) is 6.19. The van der Waals surface area contributed by atoms with Crippen molar-refractivity contribution < 1.29 is 9.42 Å². The Morgan fingerprint density at radius 3 is 2.71 bits per heavy atom. The molecule has 11 nitrogen and oxygen atoms in total. The average molecular weight is 456 g/mol. The van der Waals surface area contributed by atoms with Crippen LogP contribution in [0.4, 0.5) is 5.82 Å². The van der Waals surface area contributed by atoms with E-state index >= 15 is 0 Å². The molecule has 31 heavy (non-hydrogen) atoms. The van der Waals surface area contributed by atoms with E-state index in [-0.39, 0.29) is 17.3 Å². The standard InChI is InChI=1S/C18H14ClN9O2S/c19-12-1-3-13(4-2-12)31-10-14-15(23-27-28(14)17-16(20)25-30-26-17)18(29)24-22-9-11-5-7-21-8-6-11/h1-9H,10H2,(H2,20,25)(H,24,29)/b22-9-. The van der Waals surface area contributed by atoms with Gasteiger partial charge in [-0.15, -0.1) is 16.9 Å². The van der Waals surface area contributed by atoms with Crippen molar-refractivity contribution in [3.63, 3.8) is 0 Å². The normalized spacial score (nSPS) is 11.1. The number of hydrogen-bond donors (Lipinski definition) is 2. The van der Waals surface area contributed by atoms with Gasteiger partial charge in [-0.2, -0.15) is 9.78 Å². The monoisotopic (exact) mass is 455 g/mol. The summed E-state index contributed by atoms with van der Waals surface area (Å²) < 4.78 is 5.97. The number of nitrogens with two attached hydrogens (primary N) is 1. The number of amides is 1. The number of halogens is 1. The summed E-state index contributed by atoms with van der Waals surface area (Å²) in [6.07, 6.45) is 4.74. The molecule has 0 spiro atoms. The van der Waals surface area contributed by atoms with Gasteiger partial charge in [0.05, 0.1) is 11.9 Å². The Morgan fingerprint density at radius 1 is 1.23 bits per heavy atom. The highest BCUT2D eigenvalue weighted by molar-refractivity contribution is 7.98. The molecule has 0 saturated heterocycles. The summed E-state index contributed by atoms with van der Waals surface area (Å²) in [5, 5.41) is 19.9. The van der Waals surface area contributed by atoms with E-state index in [2.05, 4.69) is 40.8 Å². The van der Waals surface area contributed by atoms with Gasteiger partial charge >= 0.3 is 0 Å². The highest BCUT2D eigenvalue weighted by Crippen LogP contribution is 2.27. The summed E-state index contributed by atoms with van der Waals surface area (Å²) in [6, 6.07) is 10.8. The van der Waals surface area contributed by atoms with Gasteiger partial charge in [0.15, 0.2) is 5.69 Å². The third-order valence-corrected chi connectivity index (χ3v) is 5.22. The summed E-state index contributed by atoms with van der Waals surface area (Å²) in [4.78, 5) is 17.6. The number of rotatable bonds is 7. The largest absolute Gasteiger partial charge is 0.378 e. The number of nitrogen functional groups attached to an aromatic ring is 1. The molecule has 4 aromatic rings. The van der Waals surface area contributed by atoms with Gasteiger partial charge in [0.1, 0.15) is 0 Å². The molecule has 156 valence electrons. The van der Waals surface area contributed by atoms with Gasteiger partial charge in [-0.25, -0.2) is 10.1 Å². The van der Waals surface area contributed by atoms with Crippen LogP contribution in [0.1, 0.15) is 21.7 Å². The van der Waals surface area contributed by atoms with Crippen LogP contribution in [0.15, 0.2) is 63.4 Å². The van der Waals surface area contributed by atoms with Crippen LogP contribution in [-0.2, 0) is 5.75 Å². The molecule has 1 aromatic carbocycles. The lowest BCUT2D eigenvalue weighted by Crippen LogP contribution is -2.20. The number of carbonyl (C=O) groups is 1. The van der Waals surface area contributed by atoms with Crippen LogP contribution in [0, 0.1) is 0 Å². The maximum absolute atomic E-state index is 12.7. The maximum atomic E-state index is 12.7. The molecule has 0 aliphatic rings. The fourth-order valence-corrected chi connectivity index (χ4v) is 3.48. The fourth-order valence-electron chi connectivity index (χ4n) is 2.47. The van der Waals surface area contributed by atoms with Crippen LogP contribution in [0.25, 0.3) is 5.82 Å². The summed E-state index contributed by atoms with van der Waals surface area (Å²) in [6.45, 7) is 0. The first-order valence-electron chi connectivity index (χ1n) is 8.76. The molecule has 3 heterocycles. The third-order valence-electron chi connectivity index (χ3n) is 3.95. The van der Waals surface area contributed by atoms with Crippen LogP contribution in [-0.4, -0.2) is 42.4 Å². The Labute approximate surface area is 184 Å². The Morgan fingerprint density at radius 2 is 2.00 bits per heavy atom. The number of benzene rings is 1. The van der Waals surface area contributed by atoms with E-state index in [0.717, 1.165) is 10.5 Å². The summed E-state index contributed by atoms with van der Waals surface area (Å²) in [5.41, 5.74) is 9.52. The molecule has 0 unspecified atom stereocenters. The van der Waals surface area contributed by atoms with E-state index in [0.29, 0.717) is 16.5 Å². The number of nitrogens with zero attached hydrogens (tertiary/aromatic N) is 7. The quantitative estimate of drug-likeness (QED) is 0.243. The number of anilines is 1. The summed E-state index contributed by atoms with van der Waals surface area (Å²) in [7, 11) is 0. The van der Waals surface area contributed by atoms with Crippen LogP contribution < -0.4 is 11.2 Å². The zero-order chi connectivity index (χ0) is 21.6. The Bertz CT molecular complexity index is 1210. The number of nitrogens with one attached hydrogen (secondary N) is 1. The van der Waals surface area contributed by atoms with Gasteiger partial charge < -0.3 is 5.73 Å². The van der Waals surface area contributed by atoms with Gasteiger partial charge in [0.25, 0.3) is 5.91 Å². The molecule has 0 atom stereocenters. The number of aromatic nitrogens is 6. The molecular formula is C18H14ClN9O2S. The molecule has 3 aromatic heterocycles. The second-order valence-corrected chi connectivity index (χ2v) is 7.48. The highest BCUT2D eigenvalue weighted by atomic mass is 35.5. The van der Waals surface area contributed by atoms with Crippen LogP contribution in [0.3, 0.4) is 0 Å². The van der Waals surface area contributed by atoms with Gasteiger partial charge in [-0.3, -0.25) is 9.78 Å². The zero-order valence-electron chi connectivity index (χ0n) is 15.7. The van der Waals surface area contributed by atoms with Crippen molar-refractivity contribution >= 4 is 41.3 Å². The van der Waals surface area contributed by atoms with Crippen molar-refractivity contribution in [1.82, 2.24) is 35.7 Å². The van der Waals surface area contributed by atoms with Crippen molar-refractivity contribution in [2.45, 2.75) is 10.6 Å². The predicted octanol–water partition coefficient (Wildman–Crippen LogP) is 2.34. The second-order valence-electron chi connectivity index (χ2n) is 5.99. The predicted molar refractivity (Wildman–Crippen MR) is 114 cm³/mol. The molecule has 4 rings (SSSR count). The van der Waals surface area contributed by atoms with Crippen molar-refractivity contribution in [2.75, 3.05) is 5.73 Å². The number of hydrazone groups is 1. The second kappa shape index (κ2) is 9.36. The minimum Gasteiger partial charge on any atom is -0.378 e. The van der Waals surface area contributed by atoms with Crippen molar-refractivity contribution in [3.8, 4) is 5.82 Å². The van der Waals surface area contributed by atoms with Gasteiger partial charge in [-0.1, -0.05) is 16.8 Å². The molecule has 0 fully saturated rings. The third kappa shape index (κ3) is 4.87. The molecule has 0 aliphatic heterocycles. The lowest BCUT2D eigenvalue weighted by atomic mass is 10.3. The first kappa shape index (κ1) is 20.5. The lowest BCUT2D eigenvalue weighted by molar-refractivity contribution is 0.0949. The topological polar surface area (TPSA) is 150 Å². The van der Waals surface area contributed by atoms with Gasteiger partial charge in [-0.05, 0) is 52.3 Å². The number of hydrogen-bond acceptors (Lipinski definition) is 10. The first-order valence-corrected chi connectivity index (χ1v) is 10.1. The van der Waals surface area contributed by atoms with E-state index in [1.165, 1.54) is 22.7 Å². The van der Waals surface area contributed by atoms with Crippen LogP contribution in [0.2, 0.25) is 5.02 Å². The van der Waals surface area contributed by atoms with Crippen molar-refractivity contribution in [1.29, 1.82) is 0 Å². The molecule has 13 heteroatoms. The highest BCUT2D eigenvalue weighted by Gasteiger charge is 2.24. The smallest absolute Gasteiger partial charge is 0.293 e. The Balaban J connectivity index is 1.58. The number of pyridine rings is 1. The minimum absolute atomic E-state index is 0.0188.